The van der Waals surface area contributed by atoms with Crippen molar-refractivity contribution in [3.63, 3.8) is 0 Å². The van der Waals surface area contributed by atoms with Crippen LogP contribution in [-0.4, -0.2) is 11.9 Å². The first kappa shape index (κ1) is 13.4. The van der Waals surface area contributed by atoms with E-state index in [1.807, 2.05) is 0 Å². The Morgan fingerprint density at radius 3 is 2.67 bits per heavy atom. The van der Waals surface area contributed by atoms with Gasteiger partial charge in [0.1, 0.15) is 0 Å². The molecular formula is C14H19BrN2O. The van der Waals surface area contributed by atoms with Crippen LogP contribution in [0.4, 0.5) is 5.69 Å². The topological polar surface area (TPSA) is 55.1 Å². The molecule has 0 bridgehead atoms. The number of halogens is 1. The minimum atomic E-state index is -0.0394. The number of rotatable bonds is 3. The van der Waals surface area contributed by atoms with Crippen molar-refractivity contribution < 1.29 is 4.79 Å². The van der Waals surface area contributed by atoms with Crippen LogP contribution in [-0.2, 0) is 0 Å². The first-order valence-corrected chi connectivity index (χ1v) is 7.22. The zero-order valence-electron chi connectivity index (χ0n) is 10.6. The fraction of sp³-hybridized carbons (Fsp3) is 0.500. The molecule has 4 heteroatoms. The molecule has 98 valence electrons. The van der Waals surface area contributed by atoms with Crippen molar-refractivity contribution in [1.82, 2.24) is 5.32 Å². The van der Waals surface area contributed by atoms with Gasteiger partial charge in [-0.2, -0.15) is 0 Å². The first-order valence-electron chi connectivity index (χ1n) is 6.43. The summed E-state index contributed by atoms with van der Waals surface area (Å²) in [7, 11) is 0. The van der Waals surface area contributed by atoms with Crippen molar-refractivity contribution in [2.45, 2.75) is 38.6 Å². The zero-order chi connectivity index (χ0) is 13.1. The largest absolute Gasteiger partial charge is 0.399 e. The molecule has 3 N–H and O–H groups in total. The van der Waals surface area contributed by atoms with Gasteiger partial charge in [0, 0.05) is 21.8 Å². The van der Waals surface area contributed by atoms with Crippen molar-refractivity contribution >= 4 is 27.5 Å². The second-order valence-corrected chi connectivity index (χ2v) is 6.00. The van der Waals surface area contributed by atoms with Gasteiger partial charge in [-0.05, 0) is 43.9 Å². The zero-order valence-corrected chi connectivity index (χ0v) is 12.2. The number of carbonyl (C=O) groups excluding carboxylic acids is 1. The molecule has 3 nitrogen and oxygen atoms in total. The van der Waals surface area contributed by atoms with Gasteiger partial charge in [0.15, 0.2) is 0 Å². The van der Waals surface area contributed by atoms with E-state index in [-0.39, 0.29) is 11.9 Å². The van der Waals surface area contributed by atoms with Crippen molar-refractivity contribution in [2.24, 2.45) is 5.92 Å². The third-order valence-corrected chi connectivity index (χ3v) is 4.11. The SMILES string of the molecule is C[C@@H](NC(=O)c1cc(N)cc(Br)c1)C1CCCC1. The standard InChI is InChI=1S/C14H19BrN2O/c1-9(10-4-2-3-5-10)17-14(18)11-6-12(15)8-13(16)7-11/h6-10H,2-5,16H2,1H3,(H,17,18)/t9-/m1/s1. The van der Waals surface area contributed by atoms with E-state index < -0.39 is 0 Å². The molecule has 1 amide bonds. The highest BCUT2D eigenvalue weighted by Crippen LogP contribution is 2.27. The van der Waals surface area contributed by atoms with Crippen LogP contribution in [0.1, 0.15) is 43.0 Å². The highest BCUT2D eigenvalue weighted by Gasteiger charge is 2.23. The fourth-order valence-corrected chi connectivity index (χ4v) is 3.12. The van der Waals surface area contributed by atoms with Crippen molar-refractivity contribution in [3.05, 3.63) is 28.2 Å². The number of nitrogen functional groups attached to an aromatic ring is 1. The Kier molecular flexibility index (Phi) is 4.27. The molecule has 0 radical (unpaired) electrons. The number of nitrogens with two attached hydrogens (primary N) is 1. The summed E-state index contributed by atoms with van der Waals surface area (Å²) < 4.78 is 0.834. The maximum atomic E-state index is 12.1. The predicted molar refractivity (Wildman–Crippen MR) is 77.4 cm³/mol. The molecule has 0 saturated heterocycles. The lowest BCUT2D eigenvalue weighted by Crippen LogP contribution is -2.37. The average molecular weight is 311 g/mol. The average Bonchev–Trinajstić information content (AvgIpc) is 2.80. The van der Waals surface area contributed by atoms with E-state index in [4.69, 9.17) is 5.73 Å². The van der Waals surface area contributed by atoms with Crippen LogP contribution in [0.25, 0.3) is 0 Å². The number of anilines is 1. The molecule has 18 heavy (non-hydrogen) atoms. The summed E-state index contributed by atoms with van der Waals surface area (Å²) in [6, 6.07) is 5.53. The number of hydrogen-bond donors (Lipinski definition) is 2. The van der Waals surface area contributed by atoms with E-state index in [0.29, 0.717) is 17.2 Å². The lowest BCUT2D eigenvalue weighted by Gasteiger charge is -2.20. The van der Waals surface area contributed by atoms with Gasteiger partial charge in [-0.3, -0.25) is 4.79 Å². The second kappa shape index (κ2) is 5.74. The Bertz CT molecular complexity index is 421. The van der Waals surface area contributed by atoms with Crippen LogP contribution in [0, 0.1) is 5.92 Å². The molecule has 2 rings (SSSR count). The molecule has 1 saturated carbocycles. The van der Waals surface area contributed by atoms with E-state index in [2.05, 4.69) is 28.2 Å². The summed E-state index contributed by atoms with van der Waals surface area (Å²) in [5.74, 6) is 0.584. The Hall–Kier alpha value is -1.03. The van der Waals surface area contributed by atoms with Gasteiger partial charge in [-0.15, -0.1) is 0 Å². The van der Waals surface area contributed by atoms with Crippen LogP contribution in [0.2, 0.25) is 0 Å². The number of benzene rings is 1. The van der Waals surface area contributed by atoms with Gasteiger partial charge >= 0.3 is 0 Å². The molecule has 0 aliphatic heterocycles. The van der Waals surface area contributed by atoms with Gasteiger partial charge < -0.3 is 11.1 Å². The molecule has 0 heterocycles. The van der Waals surface area contributed by atoms with Crippen LogP contribution in [0.3, 0.4) is 0 Å². The normalized spacial score (nSPS) is 17.7. The van der Waals surface area contributed by atoms with Gasteiger partial charge in [0.2, 0.25) is 0 Å². The highest BCUT2D eigenvalue weighted by atomic mass is 79.9. The van der Waals surface area contributed by atoms with E-state index in [0.717, 1.165) is 4.47 Å². The van der Waals surface area contributed by atoms with E-state index in [1.165, 1.54) is 25.7 Å². The minimum Gasteiger partial charge on any atom is -0.399 e. The fourth-order valence-electron chi connectivity index (χ4n) is 2.61. The lowest BCUT2D eigenvalue weighted by atomic mass is 9.99. The van der Waals surface area contributed by atoms with Crippen molar-refractivity contribution in [2.75, 3.05) is 5.73 Å². The van der Waals surface area contributed by atoms with E-state index in [1.54, 1.807) is 18.2 Å². The van der Waals surface area contributed by atoms with Gasteiger partial charge in [-0.1, -0.05) is 28.8 Å². The molecule has 1 aliphatic rings. The van der Waals surface area contributed by atoms with E-state index >= 15 is 0 Å². The van der Waals surface area contributed by atoms with Gasteiger partial charge in [-0.25, -0.2) is 0 Å². The maximum absolute atomic E-state index is 12.1. The number of carbonyl (C=O) groups is 1. The third kappa shape index (κ3) is 3.25. The lowest BCUT2D eigenvalue weighted by molar-refractivity contribution is 0.0927. The van der Waals surface area contributed by atoms with Gasteiger partial charge in [0.05, 0.1) is 0 Å². The molecule has 1 aliphatic carbocycles. The number of amides is 1. The second-order valence-electron chi connectivity index (χ2n) is 5.08. The number of hydrogen-bond acceptors (Lipinski definition) is 2. The summed E-state index contributed by atoms with van der Waals surface area (Å²) in [6.07, 6.45) is 5.02. The Morgan fingerprint density at radius 1 is 1.39 bits per heavy atom. The number of nitrogens with one attached hydrogen (secondary N) is 1. The highest BCUT2D eigenvalue weighted by molar-refractivity contribution is 9.10. The summed E-state index contributed by atoms with van der Waals surface area (Å²) in [4.78, 5) is 12.1. The minimum absolute atomic E-state index is 0.0394. The van der Waals surface area contributed by atoms with Gasteiger partial charge in [0.25, 0.3) is 5.91 Å². The summed E-state index contributed by atoms with van der Waals surface area (Å²) in [5.41, 5.74) is 6.96. The van der Waals surface area contributed by atoms with Crippen LogP contribution >= 0.6 is 15.9 Å². The van der Waals surface area contributed by atoms with Crippen LogP contribution < -0.4 is 11.1 Å². The maximum Gasteiger partial charge on any atom is 0.251 e. The van der Waals surface area contributed by atoms with Crippen LogP contribution in [0.15, 0.2) is 22.7 Å². The molecular weight excluding hydrogens is 292 g/mol. The van der Waals surface area contributed by atoms with Crippen molar-refractivity contribution in [1.29, 1.82) is 0 Å². The molecule has 1 aromatic rings. The van der Waals surface area contributed by atoms with Crippen LogP contribution in [0.5, 0.6) is 0 Å². The summed E-state index contributed by atoms with van der Waals surface area (Å²) in [5, 5.41) is 3.08. The molecule has 0 aromatic heterocycles. The molecule has 1 atom stereocenters. The van der Waals surface area contributed by atoms with Crippen molar-refractivity contribution in [3.8, 4) is 0 Å². The Morgan fingerprint density at radius 2 is 2.06 bits per heavy atom. The first-order chi connectivity index (χ1) is 8.56. The quantitative estimate of drug-likeness (QED) is 0.841. The molecule has 1 fully saturated rings. The summed E-state index contributed by atoms with van der Waals surface area (Å²) in [6.45, 7) is 2.09. The summed E-state index contributed by atoms with van der Waals surface area (Å²) >= 11 is 3.35. The molecule has 0 spiro atoms. The Labute approximate surface area is 116 Å². The predicted octanol–water partition coefficient (Wildman–Crippen LogP) is 3.34. The Balaban J connectivity index is 2.02. The molecule has 1 aromatic carbocycles. The third-order valence-electron chi connectivity index (χ3n) is 3.65. The monoisotopic (exact) mass is 310 g/mol. The van der Waals surface area contributed by atoms with E-state index in [9.17, 15) is 4.79 Å². The smallest absolute Gasteiger partial charge is 0.251 e. The molecule has 0 unspecified atom stereocenters.